The largest absolute Gasteiger partial charge is 0.495 e. The van der Waals surface area contributed by atoms with Crippen LogP contribution in [0.5, 0.6) is 5.75 Å². The monoisotopic (exact) mass is 357 g/mol. The van der Waals surface area contributed by atoms with Crippen LogP contribution in [0.15, 0.2) is 16.5 Å². The zero-order valence-electron chi connectivity index (χ0n) is 12.9. The summed E-state index contributed by atoms with van der Waals surface area (Å²) in [6.07, 6.45) is -0.231. The standard InChI is InChI=1S/C15H17Cl2N3O3/c1-9-18-19-15(23-9)13-8-20(3-4-22-13)7-10-5-11(16)6-12(17)14(10)21-2/h5-6,13H,3-4,7-8H2,1-2H3. The van der Waals surface area contributed by atoms with E-state index in [4.69, 9.17) is 37.1 Å². The molecule has 3 rings (SSSR count). The summed E-state index contributed by atoms with van der Waals surface area (Å²) in [6, 6.07) is 3.54. The normalized spacial score (nSPS) is 19.0. The number of methoxy groups -OCH3 is 1. The van der Waals surface area contributed by atoms with Crippen molar-refractivity contribution < 1.29 is 13.9 Å². The quantitative estimate of drug-likeness (QED) is 0.836. The second kappa shape index (κ2) is 7.05. The van der Waals surface area contributed by atoms with Gasteiger partial charge in [0.15, 0.2) is 0 Å². The molecular formula is C15H17Cl2N3O3. The average molecular weight is 358 g/mol. The van der Waals surface area contributed by atoms with Crippen molar-refractivity contribution in [1.29, 1.82) is 0 Å². The maximum Gasteiger partial charge on any atom is 0.246 e. The van der Waals surface area contributed by atoms with Crippen LogP contribution in [-0.2, 0) is 11.3 Å². The molecule has 124 valence electrons. The first kappa shape index (κ1) is 16.5. The van der Waals surface area contributed by atoms with E-state index >= 15 is 0 Å². The van der Waals surface area contributed by atoms with Crippen LogP contribution in [0, 0.1) is 6.92 Å². The van der Waals surface area contributed by atoms with E-state index in [2.05, 4.69) is 15.1 Å². The highest BCUT2D eigenvalue weighted by atomic mass is 35.5. The van der Waals surface area contributed by atoms with Crippen LogP contribution < -0.4 is 4.74 Å². The second-order valence-corrected chi connectivity index (χ2v) is 6.18. The molecule has 2 aromatic rings. The number of morpholine rings is 1. The van der Waals surface area contributed by atoms with E-state index in [0.717, 1.165) is 12.1 Å². The Bertz CT molecular complexity index is 693. The number of rotatable bonds is 4. The Hall–Kier alpha value is -1.34. The van der Waals surface area contributed by atoms with Gasteiger partial charge in [0, 0.05) is 37.1 Å². The van der Waals surface area contributed by atoms with Crippen LogP contribution in [0.25, 0.3) is 0 Å². The predicted octanol–water partition coefficient (Wildman–Crippen LogP) is 3.27. The summed E-state index contributed by atoms with van der Waals surface area (Å²) < 4.78 is 16.6. The smallest absolute Gasteiger partial charge is 0.246 e. The van der Waals surface area contributed by atoms with Crippen molar-refractivity contribution in [3.63, 3.8) is 0 Å². The minimum Gasteiger partial charge on any atom is -0.495 e. The highest BCUT2D eigenvalue weighted by Gasteiger charge is 2.27. The zero-order chi connectivity index (χ0) is 16.4. The van der Waals surface area contributed by atoms with E-state index in [1.54, 1.807) is 20.1 Å². The number of ether oxygens (including phenoxy) is 2. The Morgan fingerprint density at radius 2 is 2.17 bits per heavy atom. The first-order chi connectivity index (χ1) is 11.1. The molecule has 1 aliphatic heterocycles. The highest BCUT2D eigenvalue weighted by Crippen LogP contribution is 2.33. The number of halogens is 2. The first-order valence-corrected chi connectivity index (χ1v) is 7.98. The second-order valence-electron chi connectivity index (χ2n) is 5.33. The predicted molar refractivity (Wildman–Crippen MR) is 86.0 cm³/mol. The fourth-order valence-corrected chi connectivity index (χ4v) is 3.25. The van der Waals surface area contributed by atoms with E-state index in [9.17, 15) is 0 Å². The Balaban J connectivity index is 1.75. The molecule has 1 saturated heterocycles. The molecule has 23 heavy (non-hydrogen) atoms. The lowest BCUT2D eigenvalue weighted by Gasteiger charge is -2.31. The van der Waals surface area contributed by atoms with Crippen molar-refractivity contribution in [1.82, 2.24) is 15.1 Å². The lowest BCUT2D eigenvalue weighted by atomic mass is 10.1. The van der Waals surface area contributed by atoms with Crippen molar-refractivity contribution in [3.05, 3.63) is 39.5 Å². The molecule has 6 nitrogen and oxygen atoms in total. The summed E-state index contributed by atoms with van der Waals surface area (Å²) in [5, 5.41) is 8.98. The number of aryl methyl sites for hydroxylation is 1. The maximum absolute atomic E-state index is 6.19. The molecule has 0 radical (unpaired) electrons. The molecule has 1 aliphatic rings. The molecule has 1 fully saturated rings. The van der Waals surface area contributed by atoms with Gasteiger partial charge in [-0.05, 0) is 12.1 Å². The molecule has 2 heterocycles. The molecule has 0 N–H and O–H groups in total. The zero-order valence-corrected chi connectivity index (χ0v) is 14.4. The lowest BCUT2D eigenvalue weighted by molar-refractivity contribution is -0.0458. The van der Waals surface area contributed by atoms with Gasteiger partial charge in [0.1, 0.15) is 11.9 Å². The third-order valence-electron chi connectivity index (χ3n) is 3.65. The molecule has 0 aliphatic carbocycles. The summed E-state index contributed by atoms with van der Waals surface area (Å²) in [7, 11) is 1.60. The summed E-state index contributed by atoms with van der Waals surface area (Å²) in [5.41, 5.74) is 0.937. The van der Waals surface area contributed by atoms with Gasteiger partial charge in [0.2, 0.25) is 11.8 Å². The topological polar surface area (TPSA) is 60.6 Å². The van der Waals surface area contributed by atoms with Gasteiger partial charge in [0.05, 0.1) is 18.7 Å². The molecule has 0 spiro atoms. The minimum absolute atomic E-state index is 0.231. The van der Waals surface area contributed by atoms with E-state index in [0.29, 0.717) is 47.3 Å². The number of benzene rings is 1. The van der Waals surface area contributed by atoms with Gasteiger partial charge >= 0.3 is 0 Å². The third kappa shape index (κ3) is 3.77. The third-order valence-corrected chi connectivity index (χ3v) is 4.15. The van der Waals surface area contributed by atoms with Gasteiger partial charge in [0.25, 0.3) is 0 Å². The molecular weight excluding hydrogens is 341 g/mol. The first-order valence-electron chi connectivity index (χ1n) is 7.22. The maximum atomic E-state index is 6.19. The van der Waals surface area contributed by atoms with Crippen LogP contribution in [0.3, 0.4) is 0 Å². The molecule has 8 heteroatoms. The van der Waals surface area contributed by atoms with Crippen molar-refractivity contribution in [2.45, 2.75) is 19.6 Å². The Kier molecular flexibility index (Phi) is 5.06. The minimum atomic E-state index is -0.231. The Labute approximate surface area is 144 Å². The fraction of sp³-hybridized carbons (Fsp3) is 0.467. The van der Waals surface area contributed by atoms with E-state index < -0.39 is 0 Å². The van der Waals surface area contributed by atoms with Crippen molar-refractivity contribution in [2.75, 3.05) is 26.8 Å². The van der Waals surface area contributed by atoms with Gasteiger partial charge in [-0.1, -0.05) is 23.2 Å². The van der Waals surface area contributed by atoms with E-state index in [-0.39, 0.29) is 6.10 Å². The highest BCUT2D eigenvalue weighted by molar-refractivity contribution is 6.35. The molecule has 0 saturated carbocycles. The van der Waals surface area contributed by atoms with Gasteiger partial charge in [-0.3, -0.25) is 4.90 Å². The molecule has 1 aromatic carbocycles. The number of hydrogen-bond donors (Lipinski definition) is 0. The number of aromatic nitrogens is 2. The summed E-state index contributed by atoms with van der Waals surface area (Å²) >= 11 is 12.3. The molecule has 1 atom stereocenters. The van der Waals surface area contributed by atoms with E-state index in [1.165, 1.54) is 0 Å². The van der Waals surface area contributed by atoms with Crippen molar-refractivity contribution >= 4 is 23.2 Å². The Morgan fingerprint density at radius 3 is 2.87 bits per heavy atom. The fourth-order valence-electron chi connectivity index (χ4n) is 2.64. The van der Waals surface area contributed by atoms with Gasteiger partial charge in [-0.2, -0.15) is 0 Å². The molecule has 0 bridgehead atoms. The van der Waals surface area contributed by atoms with Crippen LogP contribution in [-0.4, -0.2) is 41.9 Å². The molecule has 0 amide bonds. The average Bonchev–Trinajstić information content (AvgIpc) is 2.94. The molecule has 1 aromatic heterocycles. The van der Waals surface area contributed by atoms with Gasteiger partial charge in [-0.25, -0.2) is 0 Å². The number of nitrogens with zero attached hydrogens (tertiary/aromatic N) is 3. The summed E-state index contributed by atoms with van der Waals surface area (Å²) in [4.78, 5) is 2.22. The summed E-state index contributed by atoms with van der Waals surface area (Å²) in [6.45, 7) is 4.43. The SMILES string of the molecule is COc1c(Cl)cc(Cl)cc1CN1CCOC(c2nnc(C)o2)C1. The Morgan fingerprint density at radius 1 is 1.35 bits per heavy atom. The van der Waals surface area contributed by atoms with Crippen LogP contribution >= 0.6 is 23.2 Å². The molecule has 1 unspecified atom stereocenters. The van der Waals surface area contributed by atoms with Crippen LogP contribution in [0.1, 0.15) is 23.4 Å². The summed E-state index contributed by atoms with van der Waals surface area (Å²) in [5.74, 6) is 1.68. The van der Waals surface area contributed by atoms with Crippen LogP contribution in [0.4, 0.5) is 0 Å². The van der Waals surface area contributed by atoms with Gasteiger partial charge < -0.3 is 13.9 Å². The van der Waals surface area contributed by atoms with Crippen molar-refractivity contribution in [2.24, 2.45) is 0 Å². The lowest BCUT2D eigenvalue weighted by Crippen LogP contribution is -2.38. The van der Waals surface area contributed by atoms with Crippen molar-refractivity contribution in [3.8, 4) is 5.75 Å². The van der Waals surface area contributed by atoms with Gasteiger partial charge in [-0.15, -0.1) is 10.2 Å². The van der Waals surface area contributed by atoms with E-state index in [1.807, 2.05) is 6.07 Å². The number of hydrogen-bond acceptors (Lipinski definition) is 6. The van der Waals surface area contributed by atoms with Crippen LogP contribution in [0.2, 0.25) is 10.0 Å².